The fourth-order valence-corrected chi connectivity index (χ4v) is 3.17. The van der Waals surface area contributed by atoms with Gasteiger partial charge in [0.25, 0.3) is 5.91 Å². The van der Waals surface area contributed by atoms with Crippen LogP contribution in [0.3, 0.4) is 0 Å². The van der Waals surface area contributed by atoms with Crippen LogP contribution in [0.4, 0.5) is 4.39 Å². The topological polar surface area (TPSA) is 76.1 Å². The van der Waals surface area contributed by atoms with E-state index in [4.69, 9.17) is 9.47 Å². The highest BCUT2D eigenvalue weighted by Crippen LogP contribution is 2.18. The molecule has 0 fully saturated rings. The SMILES string of the molecule is COc1ccc(CCN(CC(=O)O)C(=O)c2cccc(OCc3cccc(F)c3)c2)cc1. The van der Waals surface area contributed by atoms with E-state index in [0.29, 0.717) is 23.3 Å². The lowest BCUT2D eigenvalue weighted by Gasteiger charge is -2.21. The average molecular weight is 437 g/mol. The van der Waals surface area contributed by atoms with Crippen LogP contribution in [0.5, 0.6) is 11.5 Å². The summed E-state index contributed by atoms with van der Waals surface area (Å²) < 4.78 is 24.1. The van der Waals surface area contributed by atoms with E-state index in [2.05, 4.69) is 0 Å². The van der Waals surface area contributed by atoms with Crippen LogP contribution >= 0.6 is 0 Å². The van der Waals surface area contributed by atoms with Crippen molar-refractivity contribution in [2.75, 3.05) is 20.2 Å². The number of hydrogen-bond acceptors (Lipinski definition) is 4. The molecule has 0 aliphatic heterocycles. The van der Waals surface area contributed by atoms with Crippen LogP contribution in [0.2, 0.25) is 0 Å². The Morgan fingerprint density at radius 3 is 2.38 bits per heavy atom. The van der Waals surface area contributed by atoms with Crippen molar-refractivity contribution in [3.05, 3.63) is 95.3 Å². The predicted molar refractivity (Wildman–Crippen MR) is 117 cm³/mol. The van der Waals surface area contributed by atoms with Gasteiger partial charge in [-0.2, -0.15) is 0 Å². The fraction of sp³-hybridized carbons (Fsp3) is 0.200. The molecule has 6 nitrogen and oxygen atoms in total. The van der Waals surface area contributed by atoms with Crippen molar-refractivity contribution in [2.45, 2.75) is 13.0 Å². The molecule has 0 aliphatic rings. The number of halogens is 1. The van der Waals surface area contributed by atoms with Crippen molar-refractivity contribution < 1.29 is 28.6 Å². The first-order chi connectivity index (χ1) is 15.4. The molecule has 0 aliphatic carbocycles. The van der Waals surface area contributed by atoms with Gasteiger partial charge in [-0.05, 0) is 60.0 Å². The van der Waals surface area contributed by atoms with Crippen LogP contribution in [-0.4, -0.2) is 42.1 Å². The van der Waals surface area contributed by atoms with Crippen LogP contribution in [0.25, 0.3) is 0 Å². The minimum atomic E-state index is -1.09. The highest BCUT2D eigenvalue weighted by molar-refractivity contribution is 5.96. The normalized spacial score (nSPS) is 10.4. The first kappa shape index (κ1) is 22.8. The number of ether oxygens (including phenoxy) is 2. The summed E-state index contributed by atoms with van der Waals surface area (Å²) >= 11 is 0. The van der Waals surface area contributed by atoms with E-state index < -0.39 is 18.4 Å². The number of carbonyl (C=O) groups is 2. The molecule has 7 heteroatoms. The Bertz CT molecular complexity index is 1070. The minimum absolute atomic E-state index is 0.145. The lowest BCUT2D eigenvalue weighted by atomic mass is 10.1. The van der Waals surface area contributed by atoms with Crippen LogP contribution in [-0.2, 0) is 17.8 Å². The van der Waals surface area contributed by atoms with Gasteiger partial charge in [-0.1, -0.05) is 30.3 Å². The number of carbonyl (C=O) groups excluding carboxylic acids is 1. The molecule has 0 bridgehead atoms. The van der Waals surface area contributed by atoms with E-state index in [-0.39, 0.29) is 19.0 Å². The highest BCUT2D eigenvalue weighted by Gasteiger charge is 2.19. The summed E-state index contributed by atoms with van der Waals surface area (Å²) in [5, 5.41) is 9.27. The number of carboxylic acid groups (broad SMARTS) is 1. The number of hydrogen-bond donors (Lipinski definition) is 1. The summed E-state index contributed by atoms with van der Waals surface area (Å²) in [7, 11) is 1.58. The summed E-state index contributed by atoms with van der Waals surface area (Å²) in [5.41, 5.74) is 1.94. The van der Waals surface area contributed by atoms with Gasteiger partial charge in [0, 0.05) is 12.1 Å². The zero-order chi connectivity index (χ0) is 22.9. The van der Waals surface area contributed by atoms with Crippen molar-refractivity contribution in [3.63, 3.8) is 0 Å². The van der Waals surface area contributed by atoms with Gasteiger partial charge < -0.3 is 19.5 Å². The Balaban J connectivity index is 1.68. The molecule has 0 saturated carbocycles. The molecule has 32 heavy (non-hydrogen) atoms. The molecule has 166 valence electrons. The van der Waals surface area contributed by atoms with Crippen LogP contribution in [0, 0.1) is 5.82 Å². The van der Waals surface area contributed by atoms with Crippen molar-refractivity contribution in [2.24, 2.45) is 0 Å². The molecule has 0 spiro atoms. The number of nitrogens with zero attached hydrogens (tertiary/aromatic N) is 1. The lowest BCUT2D eigenvalue weighted by molar-refractivity contribution is -0.137. The Hall–Kier alpha value is -3.87. The quantitative estimate of drug-likeness (QED) is 0.515. The first-order valence-corrected chi connectivity index (χ1v) is 10.1. The molecule has 1 N–H and O–H groups in total. The van der Waals surface area contributed by atoms with Gasteiger partial charge >= 0.3 is 5.97 Å². The van der Waals surface area contributed by atoms with Gasteiger partial charge in [0.1, 0.15) is 30.5 Å². The van der Waals surface area contributed by atoms with E-state index in [1.807, 2.05) is 24.3 Å². The summed E-state index contributed by atoms with van der Waals surface area (Å²) in [5.74, 6) is -0.687. The molecule has 3 aromatic rings. The second-order valence-corrected chi connectivity index (χ2v) is 7.16. The number of rotatable bonds is 10. The number of amides is 1. The van der Waals surface area contributed by atoms with E-state index in [0.717, 1.165) is 11.3 Å². The molecule has 0 unspecified atom stereocenters. The molecule has 0 saturated heterocycles. The first-order valence-electron chi connectivity index (χ1n) is 10.1. The Morgan fingerprint density at radius 2 is 1.69 bits per heavy atom. The number of methoxy groups -OCH3 is 1. The van der Waals surface area contributed by atoms with Crippen LogP contribution in [0.15, 0.2) is 72.8 Å². The van der Waals surface area contributed by atoms with Crippen molar-refractivity contribution in [1.29, 1.82) is 0 Å². The van der Waals surface area contributed by atoms with Gasteiger partial charge in [0.15, 0.2) is 0 Å². The third-order valence-electron chi connectivity index (χ3n) is 4.82. The number of carboxylic acids is 1. The van der Waals surface area contributed by atoms with Crippen molar-refractivity contribution in [1.82, 2.24) is 4.90 Å². The largest absolute Gasteiger partial charge is 0.497 e. The van der Waals surface area contributed by atoms with Crippen LogP contribution < -0.4 is 9.47 Å². The summed E-state index contributed by atoms with van der Waals surface area (Å²) in [6, 6.07) is 20.0. The molecular formula is C25H24FNO5. The Morgan fingerprint density at radius 1 is 0.938 bits per heavy atom. The molecule has 0 atom stereocenters. The standard InChI is InChI=1S/C25H24FNO5/c1-31-22-10-8-18(9-11-22)12-13-27(16-24(28)29)25(30)20-5-3-7-23(15-20)32-17-19-4-2-6-21(26)14-19/h2-11,14-15H,12-13,16-17H2,1H3,(H,28,29). The zero-order valence-electron chi connectivity index (χ0n) is 17.7. The van der Waals surface area contributed by atoms with Gasteiger partial charge in [-0.3, -0.25) is 9.59 Å². The molecule has 1 amide bonds. The third-order valence-corrected chi connectivity index (χ3v) is 4.82. The molecule has 3 aromatic carbocycles. The average Bonchev–Trinajstić information content (AvgIpc) is 2.80. The van der Waals surface area contributed by atoms with Gasteiger partial charge in [0.05, 0.1) is 7.11 Å². The predicted octanol–water partition coefficient (Wildman–Crippen LogP) is 4.18. The Kier molecular flexibility index (Phi) is 7.80. The monoisotopic (exact) mass is 437 g/mol. The summed E-state index contributed by atoms with van der Waals surface area (Å²) in [6.07, 6.45) is 0.499. The van der Waals surface area contributed by atoms with E-state index in [1.54, 1.807) is 43.5 Å². The minimum Gasteiger partial charge on any atom is -0.497 e. The molecule has 0 radical (unpaired) electrons. The van der Waals surface area contributed by atoms with Crippen molar-refractivity contribution in [3.8, 4) is 11.5 Å². The van der Waals surface area contributed by atoms with Crippen LogP contribution in [0.1, 0.15) is 21.5 Å². The third kappa shape index (κ3) is 6.57. The van der Waals surface area contributed by atoms with Gasteiger partial charge in [0.2, 0.25) is 0 Å². The highest BCUT2D eigenvalue weighted by atomic mass is 19.1. The fourth-order valence-electron chi connectivity index (χ4n) is 3.17. The summed E-state index contributed by atoms with van der Waals surface area (Å²) in [4.78, 5) is 25.6. The second-order valence-electron chi connectivity index (χ2n) is 7.16. The second kappa shape index (κ2) is 10.9. The molecular weight excluding hydrogens is 413 g/mol. The van der Waals surface area contributed by atoms with E-state index in [1.165, 1.54) is 17.0 Å². The molecule has 0 heterocycles. The summed E-state index contributed by atoms with van der Waals surface area (Å²) in [6.45, 7) is -0.0269. The zero-order valence-corrected chi connectivity index (χ0v) is 17.7. The van der Waals surface area contributed by atoms with Gasteiger partial charge in [-0.25, -0.2) is 4.39 Å². The maximum atomic E-state index is 13.3. The van der Waals surface area contributed by atoms with Crippen molar-refractivity contribution >= 4 is 11.9 Å². The Labute approximate surface area is 185 Å². The smallest absolute Gasteiger partial charge is 0.323 e. The van der Waals surface area contributed by atoms with Gasteiger partial charge in [-0.15, -0.1) is 0 Å². The molecule has 3 rings (SSSR count). The maximum absolute atomic E-state index is 13.3. The number of aliphatic carboxylic acids is 1. The molecule has 0 aromatic heterocycles. The van der Waals surface area contributed by atoms with E-state index in [9.17, 15) is 19.1 Å². The lowest BCUT2D eigenvalue weighted by Crippen LogP contribution is -2.37. The maximum Gasteiger partial charge on any atom is 0.323 e. The van der Waals surface area contributed by atoms with E-state index >= 15 is 0 Å². The number of benzene rings is 3.